The summed E-state index contributed by atoms with van der Waals surface area (Å²) in [4.78, 5) is 7.39. The normalized spacial score (nSPS) is 11.1. The number of benzene rings is 3. The van der Waals surface area contributed by atoms with Crippen molar-refractivity contribution in [3.63, 3.8) is 0 Å². The molecule has 0 bridgehead atoms. The first-order valence-electron chi connectivity index (χ1n) is 12.8. The predicted octanol–water partition coefficient (Wildman–Crippen LogP) is 7.78. The highest BCUT2D eigenvalue weighted by Gasteiger charge is 2.16. The number of halogens is 1. The van der Waals surface area contributed by atoms with Crippen molar-refractivity contribution in [2.45, 2.75) is 46.2 Å². The molecule has 4 rings (SSSR count). The molecule has 4 heteroatoms. The van der Waals surface area contributed by atoms with E-state index in [1.807, 2.05) is 18.3 Å². The quantitative estimate of drug-likeness (QED) is 0.211. The smallest absolute Gasteiger partial charge is 0.127 e. The molecule has 0 saturated carbocycles. The van der Waals surface area contributed by atoms with Crippen molar-refractivity contribution in [1.29, 1.82) is 0 Å². The number of aryl methyl sites for hydroxylation is 2. The lowest BCUT2D eigenvalue weighted by Crippen LogP contribution is -2.25. The highest BCUT2D eigenvalue weighted by molar-refractivity contribution is 6.30. The highest BCUT2D eigenvalue weighted by Crippen LogP contribution is 2.32. The maximum absolute atomic E-state index is 6.13. The monoisotopic (exact) mass is 498 g/mol. The van der Waals surface area contributed by atoms with Crippen LogP contribution in [0.2, 0.25) is 5.02 Å². The van der Waals surface area contributed by atoms with E-state index in [9.17, 15) is 0 Å². The SMILES string of the molecule is CCc1cccc(CC)c1-c1cc(OC)c(CN(CCc2ccccc2)Cc2ccc(Cl)cc2)cn1. The molecule has 4 aromatic rings. The van der Waals surface area contributed by atoms with E-state index >= 15 is 0 Å². The van der Waals surface area contributed by atoms with E-state index in [1.54, 1.807) is 7.11 Å². The van der Waals surface area contributed by atoms with Crippen molar-refractivity contribution < 1.29 is 4.74 Å². The maximum Gasteiger partial charge on any atom is 0.127 e. The molecule has 0 aliphatic heterocycles. The Balaban J connectivity index is 1.61. The Morgan fingerprint density at radius 2 is 1.47 bits per heavy atom. The number of ether oxygens (including phenoxy) is 1. The van der Waals surface area contributed by atoms with Crippen LogP contribution in [0.3, 0.4) is 0 Å². The van der Waals surface area contributed by atoms with Gasteiger partial charge in [0.1, 0.15) is 5.75 Å². The summed E-state index contributed by atoms with van der Waals surface area (Å²) in [5.41, 5.74) is 8.54. The Morgan fingerprint density at radius 1 is 0.778 bits per heavy atom. The van der Waals surface area contributed by atoms with Crippen LogP contribution in [0.15, 0.2) is 85.1 Å². The van der Waals surface area contributed by atoms with Gasteiger partial charge in [0.05, 0.1) is 12.8 Å². The van der Waals surface area contributed by atoms with Gasteiger partial charge in [0, 0.05) is 48.0 Å². The highest BCUT2D eigenvalue weighted by atomic mass is 35.5. The molecule has 0 unspecified atom stereocenters. The van der Waals surface area contributed by atoms with Crippen molar-refractivity contribution in [2.75, 3.05) is 13.7 Å². The largest absolute Gasteiger partial charge is 0.496 e. The third-order valence-electron chi connectivity index (χ3n) is 6.69. The van der Waals surface area contributed by atoms with Crippen molar-refractivity contribution >= 4 is 11.6 Å². The molecule has 3 aromatic carbocycles. The standard InChI is InChI=1S/C32H35ClN2O/c1-4-26-12-9-13-27(5-2)32(26)30-20-31(36-3)28(21-34-30)23-35(19-18-24-10-7-6-8-11-24)22-25-14-16-29(33)17-15-25/h6-17,20-21H,4-5,18-19,22-23H2,1-3H3. The summed E-state index contributed by atoms with van der Waals surface area (Å²) in [5.74, 6) is 0.883. The second-order valence-corrected chi connectivity index (χ2v) is 9.55. The van der Waals surface area contributed by atoms with Crippen molar-refractivity contribution in [1.82, 2.24) is 9.88 Å². The molecule has 0 saturated heterocycles. The summed E-state index contributed by atoms with van der Waals surface area (Å²) in [6, 6.07) is 27.4. The molecule has 0 aliphatic rings. The van der Waals surface area contributed by atoms with E-state index in [2.05, 4.69) is 85.5 Å². The summed E-state index contributed by atoms with van der Waals surface area (Å²) < 4.78 is 5.90. The van der Waals surface area contributed by atoms with E-state index < -0.39 is 0 Å². The molecule has 0 amide bonds. The van der Waals surface area contributed by atoms with Crippen LogP contribution in [0.4, 0.5) is 0 Å². The minimum Gasteiger partial charge on any atom is -0.496 e. The topological polar surface area (TPSA) is 25.4 Å². The Hall–Kier alpha value is -3.14. The molecule has 0 spiro atoms. The first-order valence-corrected chi connectivity index (χ1v) is 13.1. The van der Waals surface area contributed by atoms with Crippen molar-refractivity contribution in [2.24, 2.45) is 0 Å². The van der Waals surface area contributed by atoms with E-state index in [4.69, 9.17) is 21.3 Å². The van der Waals surface area contributed by atoms with Crippen LogP contribution >= 0.6 is 11.6 Å². The maximum atomic E-state index is 6.13. The molecule has 0 aliphatic carbocycles. The van der Waals surface area contributed by atoms with Gasteiger partial charge < -0.3 is 4.74 Å². The van der Waals surface area contributed by atoms with Gasteiger partial charge in [0.2, 0.25) is 0 Å². The van der Waals surface area contributed by atoms with Gasteiger partial charge in [-0.15, -0.1) is 0 Å². The fourth-order valence-corrected chi connectivity index (χ4v) is 4.84. The average Bonchev–Trinajstić information content (AvgIpc) is 2.93. The molecule has 0 radical (unpaired) electrons. The molecule has 0 atom stereocenters. The minimum atomic E-state index is 0.752. The second-order valence-electron chi connectivity index (χ2n) is 9.11. The lowest BCUT2D eigenvalue weighted by molar-refractivity contribution is 0.255. The summed E-state index contributed by atoms with van der Waals surface area (Å²) in [6.45, 7) is 6.90. The Bertz CT molecular complexity index is 1230. The zero-order chi connectivity index (χ0) is 25.3. The van der Waals surface area contributed by atoms with Crippen LogP contribution in [0.1, 0.15) is 41.7 Å². The van der Waals surface area contributed by atoms with Gasteiger partial charge in [0.15, 0.2) is 0 Å². The third kappa shape index (κ3) is 6.54. The predicted molar refractivity (Wildman–Crippen MR) is 151 cm³/mol. The van der Waals surface area contributed by atoms with Gasteiger partial charge in [-0.3, -0.25) is 9.88 Å². The zero-order valence-electron chi connectivity index (χ0n) is 21.5. The minimum absolute atomic E-state index is 0.752. The summed E-state index contributed by atoms with van der Waals surface area (Å²) in [6.07, 6.45) is 4.93. The molecule has 0 N–H and O–H groups in total. The van der Waals surface area contributed by atoms with Gasteiger partial charge in [-0.2, -0.15) is 0 Å². The fraction of sp³-hybridized carbons (Fsp3) is 0.281. The van der Waals surface area contributed by atoms with Crippen molar-refractivity contribution in [3.8, 4) is 17.0 Å². The lowest BCUT2D eigenvalue weighted by atomic mass is 9.94. The summed E-state index contributed by atoms with van der Waals surface area (Å²) in [7, 11) is 1.75. The van der Waals surface area contributed by atoms with E-state index in [0.29, 0.717) is 0 Å². The van der Waals surface area contributed by atoms with Crippen molar-refractivity contribution in [3.05, 3.63) is 118 Å². The number of aromatic nitrogens is 1. The average molecular weight is 499 g/mol. The van der Waals surface area contributed by atoms with Gasteiger partial charge >= 0.3 is 0 Å². The van der Waals surface area contributed by atoms with Crippen LogP contribution in [-0.4, -0.2) is 23.5 Å². The van der Waals surface area contributed by atoms with E-state index in [1.165, 1.54) is 27.8 Å². The zero-order valence-corrected chi connectivity index (χ0v) is 22.3. The molecule has 0 fully saturated rings. The third-order valence-corrected chi connectivity index (χ3v) is 6.94. The molecule has 186 valence electrons. The van der Waals surface area contributed by atoms with E-state index in [0.717, 1.165) is 60.9 Å². The number of methoxy groups -OCH3 is 1. The Labute approximate surface area is 220 Å². The van der Waals surface area contributed by atoms with Gasteiger partial charge in [-0.05, 0) is 53.6 Å². The van der Waals surface area contributed by atoms with Gasteiger partial charge in [-0.1, -0.05) is 86.1 Å². The van der Waals surface area contributed by atoms with Gasteiger partial charge in [-0.25, -0.2) is 0 Å². The van der Waals surface area contributed by atoms with Crippen LogP contribution in [0, 0.1) is 0 Å². The molecule has 1 aromatic heterocycles. The summed E-state index contributed by atoms with van der Waals surface area (Å²) in [5, 5.41) is 0.759. The molecule has 36 heavy (non-hydrogen) atoms. The lowest BCUT2D eigenvalue weighted by Gasteiger charge is -2.24. The number of rotatable bonds is 11. The fourth-order valence-electron chi connectivity index (χ4n) is 4.72. The van der Waals surface area contributed by atoms with Gasteiger partial charge in [0.25, 0.3) is 0 Å². The number of hydrogen-bond donors (Lipinski definition) is 0. The number of hydrogen-bond acceptors (Lipinski definition) is 3. The molecule has 1 heterocycles. The van der Waals surface area contributed by atoms with Crippen LogP contribution in [-0.2, 0) is 32.4 Å². The summed E-state index contributed by atoms with van der Waals surface area (Å²) >= 11 is 6.13. The van der Waals surface area contributed by atoms with E-state index in [-0.39, 0.29) is 0 Å². The first kappa shape index (κ1) is 25.9. The molecular formula is C32H35ClN2O. The molecule has 3 nitrogen and oxygen atoms in total. The van der Waals surface area contributed by atoms with Crippen LogP contribution < -0.4 is 4.74 Å². The number of nitrogens with zero attached hydrogens (tertiary/aromatic N) is 2. The second kappa shape index (κ2) is 12.7. The van der Waals surface area contributed by atoms with Crippen LogP contribution in [0.5, 0.6) is 5.75 Å². The number of pyridine rings is 1. The molecular weight excluding hydrogens is 464 g/mol. The Morgan fingerprint density at radius 3 is 2.11 bits per heavy atom. The Kier molecular flexibility index (Phi) is 9.16. The van der Waals surface area contributed by atoms with Crippen LogP contribution in [0.25, 0.3) is 11.3 Å². The first-order chi connectivity index (χ1) is 17.6.